The smallest absolute Gasteiger partial charge is 0.322 e. The number of nitrogens with zero attached hydrogens (tertiary/aromatic N) is 1. The van der Waals surface area contributed by atoms with Crippen molar-refractivity contribution >= 4 is 23.4 Å². The summed E-state index contributed by atoms with van der Waals surface area (Å²) in [6.45, 7) is 1.52. The number of Topliss-reactive ketones (excluding diaryl/α,β-unsaturated/α-hetero) is 1. The second kappa shape index (κ2) is 6.74. The first kappa shape index (κ1) is 17.1. The molecule has 6 heteroatoms. The largest absolute Gasteiger partial charge is 0.353 e. The maximum absolute atomic E-state index is 12.8. The molecule has 1 aromatic carbocycles. The van der Waals surface area contributed by atoms with Gasteiger partial charge in [0, 0.05) is 35.3 Å². The quantitative estimate of drug-likeness (QED) is 0.815. The molecule has 1 saturated carbocycles. The van der Waals surface area contributed by atoms with E-state index < -0.39 is 0 Å². The first-order valence-corrected chi connectivity index (χ1v) is 9.52. The van der Waals surface area contributed by atoms with Crippen molar-refractivity contribution in [1.82, 2.24) is 10.2 Å². The van der Waals surface area contributed by atoms with E-state index in [1.54, 1.807) is 24.3 Å². The number of ketones is 1. The van der Waals surface area contributed by atoms with Crippen LogP contribution in [0.1, 0.15) is 55.8 Å². The van der Waals surface area contributed by atoms with Gasteiger partial charge in [-0.05, 0) is 57.6 Å². The molecule has 3 aliphatic rings. The molecule has 0 unspecified atom stereocenters. The average molecular weight is 355 g/mol. The maximum atomic E-state index is 12.8. The molecular formula is C20H25N3O3. The number of rotatable bonds is 4. The Balaban J connectivity index is 1.39. The van der Waals surface area contributed by atoms with Gasteiger partial charge in [-0.25, -0.2) is 4.79 Å². The number of hydrogen-bond acceptors (Lipinski definition) is 3. The number of amides is 3. The van der Waals surface area contributed by atoms with E-state index in [4.69, 9.17) is 0 Å². The summed E-state index contributed by atoms with van der Waals surface area (Å²) in [5.74, 6) is 0.393. The van der Waals surface area contributed by atoms with Crippen molar-refractivity contribution in [2.24, 2.45) is 5.92 Å². The van der Waals surface area contributed by atoms with Gasteiger partial charge in [0.2, 0.25) is 5.91 Å². The fourth-order valence-corrected chi connectivity index (χ4v) is 4.30. The number of fused-ring (bicyclic) bond motifs is 2. The van der Waals surface area contributed by atoms with Crippen LogP contribution in [0.5, 0.6) is 0 Å². The van der Waals surface area contributed by atoms with E-state index in [0.717, 1.165) is 38.5 Å². The van der Waals surface area contributed by atoms with Crippen molar-refractivity contribution in [3.8, 4) is 0 Å². The maximum Gasteiger partial charge on any atom is 0.322 e. The monoisotopic (exact) mass is 355 g/mol. The summed E-state index contributed by atoms with van der Waals surface area (Å²) in [6, 6.07) is 7.47. The number of nitrogens with one attached hydrogen (secondary N) is 2. The van der Waals surface area contributed by atoms with Crippen molar-refractivity contribution in [1.29, 1.82) is 0 Å². The van der Waals surface area contributed by atoms with Crippen molar-refractivity contribution in [3.63, 3.8) is 0 Å². The summed E-state index contributed by atoms with van der Waals surface area (Å²) in [7, 11) is 0. The number of anilines is 1. The van der Waals surface area contributed by atoms with Crippen LogP contribution in [0, 0.1) is 5.92 Å². The number of carbonyl (C=O) groups is 3. The Morgan fingerprint density at radius 1 is 1.04 bits per heavy atom. The van der Waals surface area contributed by atoms with Gasteiger partial charge in [0.1, 0.15) is 0 Å². The number of carbonyl (C=O) groups excluding carboxylic acids is 3. The summed E-state index contributed by atoms with van der Waals surface area (Å²) < 4.78 is 0. The third kappa shape index (κ3) is 3.45. The predicted octanol–water partition coefficient (Wildman–Crippen LogP) is 2.94. The van der Waals surface area contributed by atoms with Crippen LogP contribution in [0.4, 0.5) is 10.5 Å². The fraction of sp³-hybridized carbons (Fsp3) is 0.550. The molecule has 2 saturated heterocycles. The van der Waals surface area contributed by atoms with Gasteiger partial charge in [-0.15, -0.1) is 0 Å². The SMILES string of the molecule is CC(=O)c1cccc(NC(=O)N2[C@@H]3CC[C@@H]2CC(NC(=O)C2CC2)C3)c1. The lowest BCUT2D eigenvalue weighted by atomic mass is 9.97. The summed E-state index contributed by atoms with van der Waals surface area (Å²) in [4.78, 5) is 38.3. The van der Waals surface area contributed by atoms with E-state index in [-0.39, 0.29) is 41.8 Å². The van der Waals surface area contributed by atoms with Crippen LogP contribution in [0.3, 0.4) is 0 Å². The minimum absolute atomic E-state index is 0.0200. The molecule has 6 nitrogen and oxygen atoms in total. The first-order valence-electron chi connectivity index (χ1n) is 9.52. The van der Waals surface area contributed by atoms with Crippen LogP contribution in [0.15, 0.2) is 24.3 Å². The molecule has 2 heterocycles. The highest BCUT2D eigenvalue weighted by Crippen LogP contribution is 2.37. The molecule has 1 aromatic rings. The second-order valence-corrected chi connectivity index (χ2v) is 7.81. The van der Waals surface area contributed by atoms with Crippen molar-refractivity contribution in [2.75, 3.05) is 5.32 Å². The Hall–Kier alpha value is -2.37. The van der Waals surface area contributed by atoms with Gasteiger partial charge in [0.05, 0.1) is 0 Å². The number of piperidine rings is 1. The van der Waals surface area contributed by atoms with Crippen LogP contribution in [0.2, 0.25) is 0 Å². The van der Waals surface area contributed by atoms with Gasteiger partial charge < -0.3 is 15.5 Å². The molecule has 2 bridgehead atoms. The molecule has 0 radical (unpaired) electrons. The minimum atomic E-state index is -0.106. The average Bonchev–Trinajstić information content (AvgIpc) is 3.41. The third-order valence-corrected chi connectivity index (χ3v) is 5.78. The van der Waals surface area contributed by atoms with E-state index >= 15 is 0 Å². The summed E-state index contributed by atoms with van der Waals surface area (Å²) >= 11 is 0. The number of hydrogen-bond donors (Lipinski definition) is 2. The molecule has 0 aromatic heterocycles. The standard InChI is InChI=1S/C20H25N3O3/c1-12(24)14-3-2-4-15(9-14)22-20(26)23-17-7-8-18(23)11-16(10-17)21-19(25)13-5-6-13/h2-4,9,13,16-18H,5-8,10-11H2,1H3,(H,21,25)(H,22,26)/t17-,18-/m1/s1. The van der Waals surface area contributed by atoms with Gasteiger partial charge in [0.15, 0.2) is 5.78 Å². The molecule has 26 heavy (non-hydrogen) atoms. The van der Waals surface area contributed by atoms with Crippen LogP contribution in [0.25, 0.3) is 0 Å². The molecular weight excluding hydrogens is 330 g/mol. The van der Waals surface area contributed by atoms with E-state index in [1.165, 1.54) is 6.92 Å². The zero-order valence-corrected chi connectivity index (χ0v) is 15.0. The Labute approximate surface area is 153 Å². The molecule has 0 spiro atoms. The Bertz CT molecular complexity index is 730. The van der Waals surface area contributed by atoms with Crippen molar-refractivity contribution in [2.45, 2.75) is 63.6 Å². The van der Waals surface area contributed by atoms with Crippen LogP contribution >= 0.6 is 0 Å². The van der Waals surface area contributed by atoms with Gasteiger partial charge in [-0.2, -0.15) is 0 Å². The van der Waals surface area contributed by atoms with E-state index in [0.29, 0.717) is 11.3 Å². The van der Waals surface area contributed by atoms with Gasteiger partial charge in [0.25, 0.3) is 0 Å². The normalized spacial score (nSPS) is 27.1. The van der Waals surface area contributed by atoms with E-state index in [1.807, 2.05) is 4.90 Å². The van der Waals surface area contributed by atoms with Crippen molar-refractivity contribution in [3.05, 3.63) is 29.8 Å². The number of urea groups is 1. The zero-order chi connectivity index (χ0) is 18.3. The molecule has 4 rings (SSSR count). The van der Waals surface area contributed by atoms with Crippen LogP contribution in [-0.2, 0) is 4.79 Å². The highest BCUT2D eigenvalue weighted by atomic mass is 16.2. The molecule has 1 aliphatic carbocycles. The van der Waals surface area contributed by atoms with Gasteiger partial charge in [-0.1, -0.05) is 12.1 Å². The summed E-state index contributed by atoms with van der Waals surface area (Å²) in [6.07, 6.45) is 5.66. The highest BCUT2D eigenvalue weighted by Gasteiger charge is 2.44. The molecule has 2 atom stereocenters. The molecule has 3 amide bonds. The topological polar surface area (TPSA) is 78.5 Å². The lowest BCUT2D eigenvalue weighted by molar-refractivity contribution is -0.123. The highest BCUT2D eigenvalue weighted by molar-refractivity contribution is 5.97. The number of benzene rings is 1. The summed E-state index contributed by atoms with van der Waals surface area (Å²) in [5, 5.41) is 6.11. The zero-order valence-electron chi connectivity index (χ0n) is 15.0. The predicted molar refractivity (Wildman–Crippen MR) is 98.0 cm³/mol. The van der Waals surface area contributed by atoms with Crippen molar-refractivity contribution < 1.29 is 14.4 Å². The fourth-order valence-electron chi connectivity index (χ4n) is 4.30. The Morgan fingerprint density at radius 2 is 1.73 bits per heavy atom. The minimum Gasteiger partial charge on any atom is -0.353 e. The van der Waals surface area contributed by atoms with Gasteiger partial charge >= 0.3 is 6.03 Å². The van der Waals surface area contributed by atoms with E-state index in [9.17, 15) is 14.4 Å². The third-order valence-electron chi connectivity index (χ3n) is 5.78. The second-order valence-electron chi connectivity index (χ2n) is 7.81. The molecule has 3 fully saturated rings. The Morgan fingerprint density at radius 3 is 2.35 bits per heavy atom. The van der Waals surface area contributed by atoms with E-state index in [2.05, 4.69) is 10.6 Å². The molecule has 2 N–H and O–H groups in total. The Kier molecular flexibility index (Phi) is 4.42. The molecule has 2 aliphatic heterocycles. The first-order chi connectivity index (χ1) is 12.5. The van der Waals surface area contributed by atoms with Crippen LogP contribution < -0.4 is 10.6 Å². The summed E-state index contributed by atoms with van der Waals surface area (Å²) in [5.41, 5.74) is 1.23. The van der Waals surface area contributed by atoms with Crippen LogP contribution in [-0.4, -0.2) is 40.7 Å². The molecule has 138 valence electrons. The lowest BCUT2D eigenvalue weighted by Gasteiger charge is -2.39. The van der Waals surface area contributed by atoms with Gasteiger partial charge in [-0.3, -0.25) is 9.59 Å². The lowest BCUT2D eigenvalue weighted by Crippen LogP contribution is -2.53.